The van der Waals surface area contributed by atoms with Crippen molar-refractivity contribution < 1.29 is 41.8 Å². The van der Waals surface area contributed by atoms with Crippen molar-refractivity contribution >= 4 is 35.1 Å². The van der Waals surface area contributed by atoms with Crippen LogP contribution in [0.3, 0.4) is 0 Å². The van der Waals surface area contributed by atoms with Crippen LogP contribution in [-0.4, -0.2) is 60.8 Å². The molecule has 15 heteroatoms. The van der Waals surface area contributed by atoms with Crippen LogP contribution in [0.15, 0.2) is 23.8 Å². The zero-order valence-corrected chi connectivity index (χ0v) is 20.7. The Bertz CT molecular complexity index is 1340. The number of carbonyl (C=O) groups is 3. The number of alkyl halides is 3. The van der Waals surface area contributed by atoms with Crippen molar-refractivity contribution in [3.8, 4) is 27.6 Å². The van der Waals surface area contributed by atoms with Gasteiger partial charge in [0.15, 0.2) is 5.69 Å². The topological polar surface area (TPSA) is 142 Å². The van der Waals surface area contributed by atoms with E-state index in [-0.39, 0.29) is 51.1 Å². The number of carbonyl (C=O) groups excluding carboxylic acids is 3. The Hall–Kier alpha value is -4.27. The van der Waals surface area contributed by atoms with Crippen LogP contribution in [0.1, 0.15) is 33.3 Å². The second-order valence-electron chi connectivity index (χ2n) is 7.05. The lowest BCUT2D eigenvalue weighted by atomic mass is 9.97. The minimum Gasteiger partial charge on any atom is -0.481 e. The van der Waals surface area contributed by atoms with Crippen molar-refractivity contribution in [3.05, 3.63) is 40.7 Å². The molecular formula is C22H20F3N5O6S. The molecule has 0 aliphatic carbocycles. The molecule has 0 aliphatic heterocycles. The molecule has 3 rings (SSSR count). The number of rotatable bonds is 7. The number of halogens is 3. The summed E-state index contributed by atoms with van der Waals surface area (Å²) in [6.45, 7) is 1.90. The normalized spacial score (nSPS) is 11.0. The smallest absolute Gasteiger partial charge is 0.434 e. The van der Waals surface area contributed by atoms with Gasteiger partial charge in [-0.2, -0.15) is 13.2 Å². The largest absolute Gasteiger partial charge is 0.481 e. The first kappa shape index (κ1) is 27.3. The van der Waals surface area contributed by atoms with Gasteiger partial charge in [0.2, 0.25) is 5.88 Å². The molecule has 0 spiro atoms. The van der Waals surface area contributed by atoms with Crippen LogP contribution in [0.5, 0.6) is 5.88 Å². The van der Waals surface area contributed by atoms with Gasteiger partial charge in [0.25, 0.3) is 0 Å². The van der Waals surface area contributed by atoms with Gasteiger partial charge in [0, 0.05) is 41.0 Å². The van der Waals surface area contributed by atoms with Gasteiger partial charge in [0.1, 0.15) is 16.4 Å². The first-order valence-corrected chi connectivity index (χ1v) is 11.3. The molecule has 3 aromatic rings. The quantitative estimate of drug-likeness (QED) is 0.426. The molecule has 0 fully saturated rings. The predicted octanol–water partition coefficient (Wildman–Crippen LogP) is 4.01. The molecule has 0 atom stereocenters. The van der Waals surface area contributed by atoms with E-state index in [0.717, 1.165) is 19.6 Å². The van der Waals surface area contributed by atoms with Crippen LogP contribution in [-0.2, 0) is 15.7 Å². The number of aromatic nitrogens is 3. The van der Waals surface area contributed by atoms with Gasteiger partial charge < -0.3 is 19.5 Å². The van der Waals surface area contributed by atoms with E-state index in [1.165, 1.54) is 25.6 Å². The van der Waals surface area contributed by atoms with Gasteiger partial charge >= 0.3 is 24.1 Å². The maximum atomic E-state index is 13.4. The molecule has 11 nitrogen and oxygen atoms in total. The third kappa shape index (κ3) is 5.77. The summed E-state index contributed by atoms with van der Waals surface area (Å²) in [4.78, 5) is 49.2. The van der Waals surface area contributed by atoms with Crippen molar-refractivity contribution in [1.29, 1.82) is 0 Å². The minimum absolute atomic E-state index is 0.0106. The lowest BCUT2D eigenvalue weighted by Gasteiger charge is -2.17. The molecule has 196 valence electrons. The number of anilines is 1. The van der Waals surface area contributed by atoms with E-state index < -0.39 is 29.8 Å². The van der Waals surface area contributed by atoms with Crippen LogP contribution >= 0.6 is 11.3 Å². The van der Waals surface area contributed by atoms with Crippen molar-refractivity contribution in [2.24, 2.45) is 0 Å². The van der Waals surface area contributed by atoms with E-state index in [9.17, 15) is 27.6 Å². The van der Waals surface area contributed by atoms with E-state index in [2.05, 4.69) is 25.6 Å². The van der Waals surface area contributed by atoms with Gasteiger partial charge in [-0.3, -0.25) is 5.32 Å². The minimum atomic E-state index is -4.76. The summed E-state index contributed by atoms with van der Waals surface area (Å²) >= 11 is 0.599. The first-order chi connectivity index (χ1) is 17.5. The van der Waals surface area contributed by atoms with Crippen molar-refractivity contribution in [1.82, 2.24) is 20.3 Å². The lowest BCUT2D eigenvalue weighted by molar-refractivity contribution is -0.140. The Kier molecular flexibility index (Phi) is 8.27. The summed E-state index contributed by atoms with van der Waals surface area (Å²) in [5.41, 5.74) is -1.62. The number of esters is 2. The Morgan fingerprint density at radius 3 is 2.30 bits per heavy atom. The fourth-order valence-corrected chi connectivity index (χ4v) is 4.09. The molecule has 3 heterocycles. The summed E-state index contributed by atoms with van der Waals surface area (Å²) in [6.07, 6.45) is -2.41. The number of nitrogens with one attached hydrogen (secondary N) is 2. The van der Waals surface area contributed by atoms with Crippen LogP contribution in [0.25, 0.3) is 21.7 Å². The highest BCUT2D eigenvalue weighted by Gasteiger charge is 2.35. The van der Waals surface area contributed by atoms with Crippen LogP contribution < -0.4 is 15.4 Å². The van der Waals surface area contributed by atoms with E-state index in [0.29, 0.717) is 11.3 Å². The molecular weight excluding hydrogens is 519 g/mol. The van der Waals surface area contributed by atoms with Gasteiger partial charge in [0.05, 0.1) is 26.9 Å². The predicted molar refractivity (Wildman–Crippen MR) is 126 cm³/mol. The van der Waals surface area contributed by atoms with Crippen molar-refractivity contribution in [2.45, 2.75) is 13.1 Å². The van der Waals surface area contributed by atoms with E-state index in [4.69, 9.17) is 14.2 Å². The lowest BCUT2D eigenvalue weighted by Crippen LogP contribution is -2.29. The third-order valence-electron chi connectivity index (χ3n) is 4.80. The Morgan fingerprint density at radius 2 is 1.73 bits per heavy atom. The third-order valence-corrected chi connectivity index (χ3v) is 5.66. The summed E-state index contributed by atoms with van der Waals surface area (Å²) in [5.74, 6) is -2.10. The van der Waals surface area contributed by atoms with Crippen molar-refractivity contribution in [3.63, 3.8) is 0 Å². The molecule has 0 aromatic carbocycles. The standard InChI is InChI=1S/C22H20F3N5O6S/c1-5-26-21(33)30-16-15(20(32)36-4)14(18-29-13(9-37-18)22(23,24)25)12(8-27-16)11-6-10(19(31)35-3)7-28-17(11)34-2/h6-9H,5H2,1-4H3,(H2,26,27,30,33). The van der Waals surface area contributed by atoms with Crippen molar-refractivity contribution in [2.75, 3.05) is 33.2 Å². The Balaban J connectivity index is 2.41. The van der Waals surface area contributed by atoms with Crippen LogP contribution in [0.2, 0.25) is 0 Å². The average molecular weight is 539 g/mol. The monoisotopic (exact) mass is 539 g/mol. The summed E-state index contributed by atoms with van der Waals surface area (Å²) < 4.78 is 55.1. The van der Waals surface area contributed by atoms with Gasteiger partial charge in [-0.05, 0) is 13.0 Å². The number of nitrogens with zero attached hydrogens (tertiary/aromatic N) is 3. The number of urea groups is 1. The summed E-state index contributed by atoms with van der Waals surface area (Å²) in [5, 5.41) is 5.39. The van der Waals surface area contributed by atoms with E-state index >= 15 is 0 Å². The molecule has 2 N–H and O–H groups in total. The molecule has 0 radical (unpaired) electrons. The second-order valence-corrected chi connectivity index (χ2v) is 7.91. The Morgan fingerprint density at radius 1 is 1.03 bits per heavy atom. The number of thiazole rings is 1. The fourth-order valence-electron chi connectivity index (χ4n) is 3.20. The number of methoxy groups -OCH3 is 3. The van der Waals surface area contributed by atoms with Gasteiger partial charge in [-0.25, -0.2) is 29.3 Å². The Labute approximate surface area is 212 Å². The molecule has 37 heavy (non-hydrogen) atoms. The molecule has 0 bridgehead atoms. The van der Waals surface area contributed by atoms with Gasteiger partial charge in [-0.15, -0.1) is 11.3 Å². The average Bonchev–Trinajstić information content (AvgIpc) is 3.38. The maximum absolute atomic E-state index is 13.4. The van der Waals surface area contributed by atoms with E-state index in [1.54, 1.807) is 6.92 Å². The molecule has 0 unspecified atom stereocenters. The zero-order valence-electron chi connectivity index (χ0n) is 19.8. The van der Waals surface area contributed by atoms with Gasteiger partial charge in [-0.1, -0.05) is 0 Å². The molecule has 0 saturated heterocycles. The molecule has 2 amide bonds. The molecule has 0 saturated carbocycles. The highest BCUT2D eigenvalue weighted by Crippen LogP contribution is 2.43. The SMILES string of the molecule is CCNC(=O)Nc1ncc(-c2cc(C(=O)OC)cnc2OC)c(-c2nc(C(F)(F)F)cs2)c1C(=O)OC. The summed E-state index contributed by atoms with van der Waals surface area (Å²) in [6, 6.07) is 0.593. The number of amides is 2. The number of hydrogen-bond donors (Lipinski definition) is 2. The molecule has 3 aromatic heterocycles. The number of hydrogen-bond acceptors (Lipinski definition) is 10. The first-order valence-electron chi connectivity index (χ1n) is 10.4. The highest BCUT2D eigenvalue weighted by atomic mass is 32.1. The van der Waals surface area contributed by atoms with E-state index in [1.807, 2.05) is 0 Å². The second kappa shape index (κ2) is 11.2. The zero-order chi connectivity index (χ0) is 27.3. The number of pyridine rings is 2. The molecule has 0 aliphatic rings. The highest BCUT2D eigenvalue weighted by molar-refractivity contribution is 7.13. The summed E-state index contributed by atoms with van der Waals surface area (Å²) in [7, 11) is 3.50. The van der Waals surface area contributed by atoms with Crippen LogP contribution in [0, 0.1) is 0 Å². The number of ether oxygens (including phenoxy) is 3. The van der Waals surface area contributed by atoms with Crippen LogP contribution in [0.4, 0.5) is 23.8 Å². The fraction of sp³-hybridized carbons (Fsp3) is 0.273. The maximum Gasteiger partial charge on any atom is 0.434 e.